The van der Waals surface area contributed by atoms with Gasteiger partial charge in [0.25, 0.3) is 0 Å². The van der Waals surface area contributed by atoms with Crippen molar-refractivity contribution in [2.24, 2.45) is 4.99 Å². The summed E-state index contributed by atoms with van der Waals surface area (Å²) in [5, 5.41) is 2.59. The van der Waals surface area contributed by atoms with E-state index in [0.717, 1.165) is 16.4 Å². The van der Waals surface area contributed by atoms with Gasteiger partial charge in [-0.2, -0.15) is 0 Å². The van der Waals surface area contributed by atoms with Gasteiger partial charge in [-0.3, -0.25) is 10.9 Å². The highest BCUT2D eigenvalue weighted by atomic mass is 32.2. The number of aliphatic imine (C=N–C) groups is 1. The normalized spacial score (nSPS) is 16.0. The van der Waals surface area contributed by atoms with Gasteiger partial charge in [-0.05, 0) is 43.2 Å². The van der Waals surface area contributed by atoms with Crippen LogP contribution in [0.5, 0.6) is 0 Å². The number of aryl methyl sites for hydroxylation is 1. The molecule has 0 spiro atoms. The maximum absolute atomic E-state index is 13.8. The molecule has 0 saturated carbocycles. The molecular weight excluding hydrogens is 297 g/mol. The first kappa shape index (κ1) is 14.7. The Labute approximate surface area is 133 Å². The molecule has 0 bridgehead atoms. The van der Waals surface area contributed by atoms with E-state index < -0.39 is 0 Å². The van der Waals surface area contributed by atoms with Crippen LogP contribution in [-0.2, 0) is 0 Å². The van der Waals surface area contributed by atoms with E-state index in [1.165, 1.54) is 23.4 Å². The van der Waals surface area contributed by atoms with Gasteiger partial charge in [-0.1, -0.05) is 36.0 Å². The van der Waals surface area contributed by atoms with E-state index >= 15 is 0 Å². The lowest BCUT2D eigenvalue weighted by atomic mass is 10.1. The van der Waals surface area contributed by atoms with E-state index in [4.69, 9.17) is 0 Å². The second-order valence-corrected chi connectivity index (χ2v) is 5.87. The van der Waals surface area contributed by atoms with Crippen molar-refractivity contribution in [3.8, 4) is 0 Å². The zero-order chi connectivity index (χ0) is 15.5. The molecular formula is C17H16FN3S. The summed E-state index contributed by atoms with van der Waals surface area (Å²) in [6, 6.07) is 12.7. The van der Waals surface area contributed by atoms with Gasteiger partial charge in [0.1, 0.15) is 5.82 Å². The number of halogens is 1. The van der Waals surface area contributed by atoms with Gasteiger partial charge in [0.05, 0.1) is 11.4 Å². The van der Waals surface area contributed by atoms with Crippen LogP contribution in [0.3, 0.4) is 0 Å². The number of benzene rings is 2. The van der Waals surface area contributed by atoms with Crippen LogP contribution in [0, 0.1) is 19.7 Å². The van der Waals surface area contributed by atoms with E-state index in [1.807, 2.05) is 23.6 Å². The molecule has 0 aliphatic carbocycles. The average Bonchev–Trinajstić information content (AvgIpc) is 2.53. The molecule has 2 aromatic rings. The van der Waals surface area contributed by atoms with Crippen LogP contribution in [0.2, 0.25) is 0 Å². The minimum Gasteiger partial charge on any atom is -0.298 e. The molecule has 3 nitrogen and oxygen atoms in total. The third kappa shape index (κ3) is 2.99. The number of hydrogen-bond donors (Lipinski definition) is 2. The lowest BCUT2D eigenvalue weighted by Crippen LogP contribution is -2.37. The van der Waals surface area contributed by atoms with Crippen molar-refractivity contribution >= 4 is 28.3 Å². The molecule has 0 saturated heterocycles. The molecule has 3 rings (SSSR count). The van der Waals surface area contributed by atoms with Crippen molar-refractivity contribution < 1.29 is 4.39 Å². The van der Waals surface area contributed by atoms with Crippen molar-refractivity contribution in [2.45, 2.75) is 13.8 Å². The summed E-state index contributed by atoms with van der Waals surface area (Å²) in [6.07, 6.45) is 0. The van der Waals surface area contributed by atoms with Gasteiger partial charge < -0.3 is 0 Å². The summed E-state index contributed by atoms with van der Waals surface area (Å²) in [5.41, 5.74) is 10.5. The molecule has 0 fully saturated rings. The van der Waals surface area contributed by atoms with Gasteiger partial charge in [0.2, 0.25) is 0 Å². The largest absolute Gasteiger partial charge is 0.298 e. The number of hydrogen-bond acceptors (Lipinski definition) is 3. The van der Waals surface area contributed by atoms with E-state index in [0.29, 0.717) is 11.3 Å². The smallest absolute Gasteiger partial charge is 0.184 e. The van der Waals surface area contributed by atoms with Gasteiger partial charge in [0.15, 0.2) is 5.17 Å². The summed E-state index contributed by atoms with van der Waals surface area (Å²) in [7, 11) is 0. The Kier molecular flexibility index (Phi) is 4.15. The Bertz CT molecular complexity index is 768. The van der Waals surface area contributed by atoms with Gasteiger partial charge in [-0.15, -0.1) is 0 Å². The average molecular weight is 313 g/mol. The SMILES string of the molecule is Cc1cccc(N=C2NNC(c3ccccc3F)=CS2)c1C. The maximum atomic E-state index is 13.8. The van der Waals surface area contributed by atoms with Crippen LogP contribution >= 0.6 is 11.8 Å². The molecule has 5 heteroatoms. The number of amidine groups is 1. The Morgan fingerprint density at radius 1 is 1.00 bits per heavy atom. The Hall–Kier alpha value is -2.27. The van der Waals surface area contributed by atoms with E-state index in [9.17, 15) is 4.39 Å². The highest BCUT2D eigenvalue weighted by Crippen LogP contribution is 2.26. The first-order valence-electron chi connectivity index (χ1n) is 6.94. The molecule has 0 aromatic heterocycles. The Morgan fingerprint density at radius 3 is 2.55 bits per heavy atom. The molecule has 22 heavy (non-hydrogen) atoms. The van der Waals surface area contributed by atoms with Crippen molar-refractivity contribution in [1.82, 2.24) is 10.9 Å². The van der Waals surface area contributed by atoms with Gasteiger partial charge in [-0.25, -0.2) is 9.38 Å². The predicted molar refractivity (Wildman–Crippen MR) is 91.3 cm³/mol. The standard InChI is InChI=1S/C17H16FN3S/c1-11-6-5-9-15(12(11)2)19-17-21-20-16(10-22-17)13-7-3-4-8-14(13)18/h3-10,20H,1-2H3,(H,19,21). The molecule has 1 heterocycles. The third-order valence-corrected chi connectivity index (χ3v) is 4.32. The summed E-state index contributed by atoms with van der Waals surface area (Å²) in [6.45, 7) is 4.12. The molecule has 2 N–H and O–H groups in total. The highest BCUT2D eigenvalue weighted by Gasteiger charge is 2.13. The van der Waals surface area contributed by atoms with E-state index in [2.05, 4.69) is 35.8 Å². The fourth-order valence-electron chi connectivity index (χ4n) is 2.13. The van der Waals surface area contributed by atoms with Crippen LogP contribution < -0.4 is 10.9 Å². The van der Waals surface area contributed by atoms with Crippen LogP contribution in [0.4, 0.5) is 10.1 Å². The molecule has 0 atom stereocenters. The molecule has 1 aliphatic rings. The monoisotopic (exact) mass is 313 g/mol. The van der Waals surface area contributed by atoms with Crippen LogP contribution in [0.15, 0.2) is 52.9 Å². The van der Waals surface area contributed by atoms with E-state index in [-0.39, 0.29) is 5.82 Å². The molecule has 0 amide bonds. The maximum Gasteiger partial charge on any atom is 0.184 e. The van der Waals surface area contributed by atoms with Crippen molar-refractivity contribution in [2.75, 3.05) is 0 Å². The number of hydrazine groups is 1. The first-order valence-corrected chi connectivity index (χ1v) is 7.82. The van der Waals surface area contributed by atoms with Crippen molar-refractivity contribution in [1.29, 1.82) is 0 Å². The van der Waals surface area contributed by atoms with Gasteiger partial charge in [0, 0.05) is 11.0 Å². The highest BCUT2D eigenvalue weighted by molar-refractivity contribution is 8.16. The Balaban J connectivity index is 1.83. The minimum atomic E-state index is -0.251. The van der Waals surface area contributed by atoms with E-state index in [1.54, 1.807) is 12.1 Å². The lowest BCUT2D eigenvalue weighted by Gasteiger charge is -2.19. The number of nitrogens with one attached hydrogen (secondary N) is 2. The second-order valence-electron chi connectivity index (χ2n) is 5.02. The predicted octanol–water partition coefficient (Wildman–Crippen LogP) is 4.27. The summed E-state index contributed by atoms with van der Waals surface area (Å²) in [5.74, 6) is -0.251. The lowest BCUT2D eigenvalue weighted by molar-refractivity contribution is 0.621. The van der Waals surface area contributed by atoms with Gasteiger partial charge >= 0.3 is 0 Å². The second kappa shape index (κ2) is 6.23. The van der Waals surface area contributed by atoms with Crippen LogP contribution in [0.25, 0.3) is 5.70 Å². The fourth-order valence-corrected chi connectivity index (χ4v) is 2.80. The van der Waals surface area contributed by atoms with Crippen molar-refractivity contribution in [3.05, 3.63) is 70.4 Å². The summed E-state index contributed by atoms with van der Waals surface area (Å²) < 4.78 is 13.8. The number of rotatable bonds is 2. The summed E-state index contributed by atoms with van der Waals surface area (Å²) >= 11 is 1.43. The zero-order valence-electron chi connectivity index (χ0n) is 12.4. The molecule has 2 aromatic carbocycles. The first-order chi connectivity index (χ1) is 10.6. The van der Waals surface area contributed by atoms with Crippen LogP contribution in [0.1, 0.15) is 16.7 Å². The number of thioether (sulfide) groups is 1. The third-order valence-electron chi connectivity index (χ3n) is 3.55. The molecule has 0 unspecified atom stereocenters. The minimum absolute atomic E-state index is 0.251. The quantitative estimate of drug-likeness (QED) is 0.869. The zero-order valence-corrected chi connectivity index (χ0v) is 13.2. The fraction of sp³-hybridized carbons (Fsp3) is 0.118. The van der Waals surface area contributed by atoms with Crippen LogP contribution in [-0.4, -0.2) is 5.17 Å². The molecule has 1 aliphatic heterocycles. The van der Waals surface area contributed by atoms with Crippen molar-refractivity contribution in [3.63, 3.8) is 0 Å². The number of nitrogens with zero attached hydrogens (tertiary/aromatic N) is 1. The summed E-state index contributed by atoms with van der Waals surface area (Å²) in [4.78, 5) is 4.60. The molecule has 0 radical (unpaired) electrons. The Morgan fingerprint density at radius 2 is 1.82 bits per heavy atom. The molecule has 112 valence electrons. The topological polar surface area (TPSA) is 36.4 Å².